The molecule has 0 aliphatic rings. The molecule has 2 aromatic rings. The third kappa shape index (κ3) is 3.14. The average Bonchev–Trinajstić information content (AvgIpc) is 2.49. The number of halogens is 1. The molecule has 1 amide bonds. The van der Waals surface area contributed by atoms with Crippen LogP contribution in [-0.2, 0) is 0 Å². The number of rotatable bonds is 4. The second-order valence-corrected chi connectivity index (χ2v) is 4.14. The molecule has 0 bridgehead atoms. The zero-order chi connectivity index (χ0) is 14.5. The number of benzene rings is 1. The summed E-state index contributed by atoms with van der Waals surface area (Å²) in [5.74, 6) is 5.62. The Balaban J connectivity index is 2.22. The van der Waals surface area contributed by atoms with Gasteiger partial charge in [-0.05, 0) is 12.1 Å². The minimum atomic E-state index is -0.454. The molecule has 0 aliphatic carbocycles. The van der Waals surface area contributed by atoms with Crippen molar-refractivity contribution in [1.29, 1.82) is 0 Å². The highest BCUT2D eigenvalue weighted by Crippen LogP contribution is 2.26. The van der Waals surface area contributed by atoms with Crippen LogP contribution in [0.4, 0.5) is 11.5 Å². The SMILES string of the molecule is COc1ccc(Cl)c(NC(=O)c2cncc(NN)n2)c1. The topological polar surface area (TPSA) is 102 Å². The first kappa shape index (κ1) is 14.0. The van der Waals surface area contributed by atoms with Crippen LogP contribution in [0.2, 0.25) is 5.02 Å². The van der Waals surface area contributed by atoms with E-state index in [1.165, 1.54) is 19.5 Å². The van der Waals surface area contributed by atoms with Gasteiger partial charge in [0.15, 0.2) is 5.82 Å². The number of anilines is 2. The first-order valence-electron chi connectivity index (χ1n) is 5.57. The second kappa shape index (κ2) is 6.18. The Morgan fingerprint density at radius 1 is 1.40 bits per heavy atom. The molecule has 7 nitrogen and oxygen atoms in total. The lowest BCUT2D eigenvalue weighted by atomic mass is 10.3. The highest BCUT2D eigenvalue weighted by atomic mass is 35.5. The standard InChI is InChI=1S/C12H12ClN5O2/c1-20-7-2-3-8(13)9(4-7)17-12(19)10-5-15-6-11(16-10)18-14/h2-6H,14H2,1H3,(H,16,18)(H,17,19). The van der Waals surface area contributed by atoms with E-state index in [2.05, 4.69) is 20.7 Å². The van der Waals surface area contributed by atoms with E-state index in [4.69, 9.17) is 22.2 Å². The summed E-state index contributed by atoms with van der Waals surface area (Å²) in [4.78, 5) is 19.9. The molecule has 0 unspecified atom stereocenters. The quantitative estimate of drug-likeness (QED) is 0.585. The van der Waals surface area contributed by atoms with Gasteiger partial charge in [-0.3, -0.25) is 9.78 Å². The van der Waals surface area contributed by atoms with Crippen molar-refractivity contribution in [3.05, 3.63) is 41.3 Å². The van der Waals surface area contributed by atoms with Gasteiger partial charge < -0.3 is 15.5 Å². The first-order valence-corrected chi connectivity index (χ1v) is 5.95. The number of nitrogen functional groups attached to an aromatic ring is 1. The number of amides is 1. The summed E-state index contributed by atoms with van der Waals surface area (Å²) in [6, 6.07) is 4.93. The summed E-state index contributed by atoms with van der Waals surface area (Å²) in [7, 11) is 1.52. The van der Waals surface area contributed by atoms with Crippen molar-refractivity contribution < 1.29 is 9.53 Å². The Morgan fingerprint density at radius 3 is 2.90 bits per heavy atom. The Bertz CT molecular complexity index is 635. The zero-order valence-corrected chi connectivity index (χ0v) is 11.3. The molecule has 0 spiro atoms. The normalized spacial score (nSPS) is 9.95. The monoisotopic (exact) mass is 293 g/mol. The van der Waals surface area contributed by atoms with Crippen molar-refractivity contribution in [2.24, 2.45) is 5.84 Å². The van der Waals surface area contributed by atoms with Crippen molar-refractivity contribution >= 4 is 29.0 Å². The molecule has 1 aromatic heterocycles. The summed E-state index contributed by atoms with van der Waals surface area (Å²) >= 11 is 6.00. The van der Waals surface area contributed by atoms with Crippen LogP contribution in [0.5, 0.6) is 5.75 Å². The molecule has 0 saturated carbocycles. The molecule has 0 saturated heterocycles. The number of methoxy groups -OCH3 is 1. The Morgan fingerprint density at radius 2 is 2.20 bits per heavy atom. The Hall–Kier alpha value is -2.38. The molecule has 4 N–H and O–H groups in total. The van der Waals surface area contributed by atoms with Crippen LogP contribution in [0.3, 0.4) is 0 Å². The lowest BCUT2D eigenvalue weighted by Gasteiger charge is -2.09. The highest BCUT2D eigenvalue weighted by molar-refractivity contribution is 6.34. The van der Waals surface area contributed by atoms with Gasteiger partial charge in [0.2, 0.25) is 0 Å². The van der Waals surface area contributed by atoms with E-state index < -0.39 is 5.91 Å². The molecule has 104 valence electrons. The molecule has 8 heteroatoms. The van der Waals surface area contributed by atoms with Crippen molar-refractivity contribution in [1.82, 2.24) is 9.97 Å². The number of carbonyl (C=O) groups excluding carboxylic acids is 1. The number of nitrogens with one attached hydrogen (secondary N) is 2. The van der Waals surface area contributed by atoms with Crippen LogP contribution < -0.4 is 21.3 Å². The predicted molar refractivity (Wildman–Crippen MR) is 75.8 cm³/mol. The van der Waals surface area contributed by atoms with E-state index in [9.17, 15) is 4.79 Å². The maximum atomic E-state index is 12.1. The molecule has 0 atom stereocenters. The number of nitrogens with two attached hydrogens (primary N) is 1. The molecule has 2 rings (SSSR count). The number of nitrogens with zero attached hydrogens (tertiary/aromatic N) is 2. The van der Waals surface area contributed by atoms with Crippen LogP contribution in [0.25, 0.3) is 0 Å². The molecule has 0 radical (unpaired) electrons. The van der Waals surface area contributed by atoms with Crippen molar-refractivity contribution in [2.75, 3.05) is 17.9 Å². The Kier molecular flexibility index (Phi) is 4.34. The lowest BCUT2D eigenvalue weighted by molar-refractivity contribution is 0.102. The number of hydrazine groups is 1. The van der Waals surface area contributed by atoms with E-state index in [-0.39, 0.29) is 11.5 Å². The number of hydrogen-bond acceptors (Lipinski definition) is 6. The van der Waals surface area contributed by atoms with Gasteiger partial charge in [-0.25, -0.2) is 10.8 Å². The summed E-state index contributed by atoms with van der Waals surface area (Å²) in [6.45, 7) is 0. The summed E-state index contributed by atoms with van der Waals surface area (Å²) < 4.78 is 5.07. The lowest BCUT2D eigenvalue weighted by Crippen LogP contribution is -2.17. The molecule has 20 heavy (non-hydrogen) atoms. The van der Waals surface area contributed by atoms with Gasteiger partial charge in [0, 0.05) is 6.07 Å². The average molecular weight is 294 g/mol. The second-order valence-electron chi connectivity index (χ2n) is 3.73. The largest absolute Gasteiger partial charge is 0.497 e. The number of ether oxygens (including phenoxy) is 1. The van der Waals surface area contributed by atoms with Gasteiger partial charge in [0.1, 0.15) is 11.4 Å². The fourth-order valence-corrected chi connectivity index (χ4v) is 1.62. The molecule has 1 aromatic carbocycles. The van der Waals surface area contributed by atoms with E-state index in [1.54, 1.807) is 18.2 Å². The van der Waals surface area contributed by atoms with Gasteiger partial charge in [-0.2, -0.15) is 0 Å². The molecule has 0 fully saturated rings. The third-order valence-electron chi connectivity index (χ3n) is 2.44. The Labute approximate surface area is 120 Å². The molecule has 1 heterocycles. The number of hydrogen-bond donors (Lipinski definition) is 3. The van der Waals surface area contributed by atoms with E-state index in [0.29, 0.717) is 16.5 Å². The van der Waals surface area contributed by atoms with Gasteiger partial charge in [-0.1, -0.05) is 11.6 Å². The van der Waals surface area contributed by atoms with Crippen LogP contribution >= 0.6 is 11.6 Å². The molecular formula is C12H12ClN5O2. The van der Waals surface area contributed by atoms with Crippen LogP contribution in [0.15, 0.2) is 30.6 Å². The van der Waals surface area contributed by atoms with Gasteiger partial charge >= 0.3 is 0 Å². The van der Waals surface area contributed by atoms with Gasteiger partial charge in [0.25, 0.3) is 5.91 Å². The summed E-state index contributed by atoms with van der Waals surface area (Å²) in [5, 5.41) is 3.02. The van der Waals surface area contributed by atoms with E-state index in [0.717, 1.165) is 0 Å². The van der Waals surface area contributed by atoms with Crippen molar-refractivity contribution in [3.8, 4) is 5.75 Å². The number of aromatic nitrogens is 2. The maximum absolute atomic E-state index is 12.1. The van der Waals surface area contributed by atoms with Crippen LogP contribution in [-0.4, -0.2) is 23.0 Å². The maximum Gasteiger partial charge on any atom is 0.275 e. The van der Waals surface area contributed by atoms with E-state index >= 15 is 0 Å². The van der Waals surface area contributed by atoms with Crippen LogP contribution in [0.1, 0.15) is 10.5 Å². The molecule has 0 aliphatic heterocycles. The molecular weight excluding hydrogens is 282 g/mol. The van der Waals surface area contributed by atoms with Crippen LogP contribution in [0, 0.1) is 0 Å². The first-order chi connectivity index (χ1) is 9.63. The summed E-state index contributed by atoms with van der Waals surface area (Å²) in [6.07, 6.45) is 2.72. The minimum Gasteiger partial charge on any atom is -0.497 e. The number of carbonyl (C=O) groups is 1. The predicted octanol–water partition coefficient (Wildman–Crippen LogP) is 1.68. The summed E-state index contributed by atoms with van der Waals surface area (Å²) in [5.41, 5.74) is 2.85. The highest BCUT2D eigenvalue weighted by Gasteiger charge is 2.11. The fourth-order valence-electron chi connectivity index (χ4n) is 1.46. The fraction of sp³-hybridized carbons (Fsp3) is 0.0833. The van der Waals surface area contributed by atoms with Crippen molar-refractivity contribution in [3.63, 3.8) is 0 Å². The minimum absolute atomic E-state index is 0.110. The van der Waals surface area contributed by atoms with Gasteiger partial charge in [0.05, 0.1) is 30.2 Å². The third-order valence-corrected chi connectivity index (χ3v) is 2.77. The van der Waals surface area contributed by atoms with E-state index in [1.807, 2.05) is 0 Å². The zero-order valence-electron chi connectivity index (χ0n) is 10.6. The smallest absolute Gasteiger partial charge is 0.275 e. The van der Waals surface area contributed by atoms with Crippen molar-refractivity contribution in [2.45, 2.75) is 0 Å². The van der Waals surface area contributed by atoms with Gasteiger partial charge in [-0.15, -0.1) is 0 Å².